The molecular weight excluding hydrogens is 1410 g/mol. The average Bonchev–Trinajstić information content (AvgIpc) is 1.75. The van der Waals surface area contributed by atoms with Crippen LogP contribution in [-0.4, -0.2) is 79.7 Å². The third-order valence-corrected chi connectivity index (χ3v) is 18.4. The van der Waals surface area contributed by atoms with Crippen LogP contribution in [-0.2, 0) is 37.9 Å². The Hall–Kier alpha value is -10.2. The number of thioether (sulfide) groups is 1. The number of hydrogen-bond acceptors (Lipinski definition) is 9. The van der Waals surface area contributed by atoms with E-state index in [2.05, 4.69) is 253 Å². The molecule has 576 valence electrons. The van der Waals surface area contributed by atoms with E-state index in [0.29, 0.717) is 0 Å². The molecule has 0 unspecified atom stereocenters. The number of H-pyrrole nitrogens is 6. The summed E-state index contributed by atoms with van der Waals surface area (Å²) in [5.74, 6) is -0.656. The zero-order valence-electron chi connectivity index (χ0n) is 67.6. The number of phenolic OH excluding ortho intramolecular Hbond substituents is 1. The minimum absolute atomic E-state index is 0.0469. The van der Waals surface area contributed by atoms with Gasteiger partial charge in [-0.3, -0.25) is 30.6 Å². The van der Waals surface area contributed by atoms with Crippen molar-refractivity contribution in [1.82, 2.24) is 61.2 Å². The highest BCUT2D eigenvalue weighted by atomic mass is 35.5. The number of methoxy groups -OCH3 is 1. The molecule has 109 heavy (non-hydrogen) atoms. The number of ether oxygens (including phenoxy) is 1. The Morgan fingerprint density at radius 1 is 0.321 bits per heavy atom. The molecular formula is C90H110ClF3N12O2S. The van der Waals surface area contributed by atoms with Crippen LogP contribution in [0.25, 0.3) is 67.5 Å². The van der Waals surface area contributed by atoms with Gasteiger partial charge in [-0.05, 0) is 163 Å². The Labute approximate surface area is 652 Å². The number of nitrogens with one attached hydrogen (secondary N) is 6. The van der Waals surface area contributed by atoms with Gasteiger partial charge in [0.05, 0.1) is 41.3 Å². The van der Waals surface area contributed by atoms with Crippen LogP contribution in [0.2, 0.25) is 5.02 Å². The van der Waals surface area contributed by atoms with Crippen molar-refractivity contribution in [3.05, 3.63) is 268 Å². The van der Waals surface area contributed by atoms with Crippen molar-refractivity contribution in [2.24, 2.45) is 0 Å². The molecule has 0 bridgehead atoms. The fourth-order valence-electron chi connectivity index (χ4n) is 10.1. The first-order chi connectivity index (χ1) is 50.9. The molecule has 0 spiro atoms. The smallest absolute Gasteiger partial charge is 0.159 e. The van der Waals surface area contributed by atoms with Gasteiger partial charge in [0, 0.05) is 110 Å². The Kier molecular flexibility index (Phi) is 29.1. The van der Waals surface area contributed by atoms with Crippen LogP contribution in [0.1, 0.15) is 185 Å². The number of nitrogens with zero attached hydrogens (tertiary/aromatic N) is 6. The summed E-state index contributed by atoms with van der Waals surface area (Å²) in [5, 5.41) is 54.3. The molecule has 19 heteroatoms. The lowest BCUT2D eigenvalue weighted by atomic mass is 9.87. The fraction of sp³-hybridized carbons (Fsp3) is 0.333. The summed E-state index contributed by atoms with van der Waals surface area (Å²) in [6, 6.07) is 64.3. The number of hydrogen-bond donors (Lipinski definition) is 7. The van der Waals surface area contributed by atoms with Gasteiger partial charge in [-0.15, -0.1) is 11.8 Å². The largest absolute Gasteiger partial charge is 0.508 e. The summed E-state index contributed by atoms with van der Waals surface area (Å²) >= 11 is 7.60. The van der Waals surface area contributed by atoms with Gasteiger partial charge in [-0.2, -0.15) is 30.6 Å². The number of rotatable bonds is 8. The predicted molar refractivity (Wildman–Crippen MR) is 446 cm³/mol. The maximum Gasteiger partial charge on any atom is 0.159 e. The Bertz CT molecular complexity index is 4570. The van der Waals surface area contributed by atoms with Crippen LogP contribution in [0.4, 0.5) is 13.2 Å². The van der Waals surface area contributed by atoms with Crippen LogP contribution in [0.3, 0.4) is 0 Å². The van der Waals surface area contributed by atoms with Crippen LogP contribution in [0.5, 0.6) is 11.5 Å². The summed E-state index contributed by atoms with van der Waals surface area (Å²) in [5.41, 5.74) is 20.2. The molecule has 7 N–H and O–H groups in total. The highest BCUT2D eigenvalue weighted by Gasteiger charge is 2.23. The molecule has 6 aromatic heterocycles. The summed E-state index contributed by atoms with van der Waals surface area (Å²) in [6.45, 7) is 44.7. The Morgan fingerprint density at radius 2 is 0.596 bits per heavy atom. The second-order valence-corrected chi connectivity index (χ2v) is 35.1. The standard InChI is InChI=1S/C14H18N2O.C14H18N2S.C13H15ClN2.C13H15FN2.C13H16N2O.C13H16N2.C10H12F2/c2*1-14(2,3)13-9-12(15-16-13)10-5-7-11(17-4)8-6-10;2*1-13(2,3)12-8-11(15-16-12)9-4-6-10(14)7-5-9;1-13(2,3)12-8-11(14-15-12)9-4-6-10(16)7-5-9;1-13(2,3)12-9-11(14-15-12)10-7-5-4-6-8-10;1-10(2,3)7-4-5-8(11)9(12)6-7/h2*5-9H,1-4H3,(H,15,16);2*4-8H,1-3H3,(H,15,16);4-8,16H,1-3H3,(H,14,15);4-9H,1-3H3,(H,14,15);4-6H,1-3H3. The van der Waals surface area contributed by atoms with Crippen molar-refractivity contribution < 1.29 is 23.0 Å². The van der Waals surface area contributed by atoms with E-state index in [1.54, 1.807) is 49.2 Å². The highest BCUT2D eigenvalue weighted by Crippen LogP contribution is 2.33. The molecule has 0 aliphatic rings. The molecule has 6 heterocycles. The first kappa shape index (κ1) is 86.1. The van der Waals surface area contributed by atoms with Gasteiger partial charge in [0.1, 0.15) is 17.3 Å². The van der Waals surface area contributed by atoms with Crippen molar-refractivity contribution in [2.45, 2.75) is 188 Å². The third-order valence-electron chi connectivity index (χ3n) is 17.4. The first-order valence-corrected chi connectivity index (χ1v) is 38.0. The van der Waals surface area contributed by atoms with Gasteiger partial charge >= 0.3 is 0 Å². The van der Waals surface area contributed by atoms with Gasteiger partial charge in [-0.1, -0.05) is 218 Å². The van der Waals surface area contributed by atoms with Crippen molar-refractivity contribution in [2.75, 3.05) is 13.4 Å². The molecule has 0 atom stereocenters. The van der Waals surface area contributed by atoms with E-state index in [-0.39, 0.29) is 49.5 Å². The van der Waals surface area contributed by atoms with Crippen molar-refractivity contribution in [3.8, 4) is 79.0 Å². The van der Waals surface area contributed by atoms with Gasteiger partial charge < -0.3 is 9.84 Å². The molecule has 0 fully saturated rings. The highest BCUT2D eigenvalue weighted by molar-refractivity contribution is 7.98. The number of aromatic amines is 6. The van der Waals surface area contributed by atoms with E-state index >= 15 is 0 Å². The van der Waals surface area contributed by atoms with Gasteiger partial charge in [0.25, 0.3) is 0 Å². The number of aromatic nitrogens is 12. The maximum atomic E-state index is 12.8. The van der Waals surface area contributed by atoms with Crippen LogP contribution in [0, 0.1) is 17.5 Å². The molecule has 13 aromatic rings. The molecule has 0 radical (unpaired) electrons. The number of phenols is 1. The number of halogens is 4. The minimum Gasteiger partial charge on any atom is -0.508 e. The second kappa shape index (κ2) is 36.8. The van der Waals surface area contributed by atoms with Crippen molar-refractivity contribution in [3.63, 3.8) is 0 Å². The summed E-state index contributed by atoms with van der Waals surface area (Å²) in [4.78, 5) is 1.28. The lowest BCUT2D eigenvalue weighted by Gasteiger charge is -2.18. The SMILES string of the molecule is CC(C)(C)c1cc(-c2ccc(Cl)cc2)n[nH]1.CC(C)(C)c1cc(-c2ccc(F)cc2)n[nH]1.CC(C)(C)c1cc(-c2ccc(O)cc2)n[nH]1.CC(C)(C)c1cc(-c2ccccc2)n[nH]1.CC(C)(C)c1ccc(F)c(F)c1.COc1ccc(-c2cc(C(C)(C)C)[nH]n2)cc1.CSc1ccc(-c2cc(C(C)(C)C)[nH]n2)cc1. The molecule has 0 aliphatic heterocycles. The summed E-state index contributed by atoms with van der Waals surface area (Å²) in [6.07, 6.45) is 2.08. The zero-order valence-corrected chi connectivity index (χ0v) is 69.2. The van der Waals surface area contributed by atoms with Gasteiger partial charge in [0.2, 0.25) is 0 Å². The van der Waals surface area contributed by atoms with E-state index in [0.717, 1.165) is 113 Å². The first-order valence-electron chi connectivity index (χ1n) is 36.4. The molecule has 13 rings (SSSR count). The molecule has 0 saturated carbocycles. The summed E-state index contributed by atoms with van der Waals surface area (Å²) < 4.78 is 43.2. The Morgan fingerprint density at radius 3 is 0.862 bits per heavy atom. The number of benzene rings is 7. The molecule has 0 amide bonds. The molecule has 7 aromatic carbocycles. The summed E-state index contributed by atoms with van der Waals surface area (Å²) in [7, 11) is 1.67. The van der Waals surface area contributed by atoms with Gasteiger partial charge in [0.15, 0.2) is 11.6 Å². The quantitative estimate of drug-likeness (QED) is 0.0723. The van der Waals surface area contributed by atoms with E-state index in [1.165, 1.54) is 34.5 Å². The van der Waals surface area contributed by atoms with E-state index in [4.69, 9.17) is 16.3 Å². The van der Waals surface area contributed by atoms with Crippen LogP contribution >= 0.6 is 23.4 Å². The van der Waals surface area contributed by atoms with E-state index < -0.39 is 11.6 Å². The van der Waals surface area contributed by atoms with Crippen molar-refractivity contribution in [1.29, 1.82) is 0 Å². The lowest BCUT2D eigenvalue weighted by Crippen LogP contribution is -2.11. The van der Waals surface area contributed by atoms with Crippen molar-refractivity contribution >= 4 is 23.4 Å². The predicted octanol–water partition coefficient (Wildman–Crippen LogP) is 24.7. The normalized spacial score (nSPS) is 11.7. The van der Waals surface area contributed by atoms with Crippen LogP contribution < -0.4 is 4.74 Å². The molecule has 14 nitrogen and oxygen atoms in total. The third kappa shape index (κ3) is 26.3. The molecule has 0 aliphatic carbocycles. The van der Waals surface area contributed by atoms with Gasteiger partial charge in [-0.25, -0.2) is 13.2 Å². The van der Waals surface area contributed by atoms with E-state index in [9.17, 15) is 18.3 Å². The fourth-order valence-corrected chi connectivity index (χ4v) is 10.6. The van der Waals surface area contributed by atoms with E-state index in [1.807, 2.05) is 112 Å². The zero-order chi connectivity index (χ0) is 80.5. The minimum atomic E-state index is -0.789. The Balaban J connectivity index is 0.000000177. The number of aromatic hydroxyl groups is 1. The maximum absolute atomic E-state index is 12.8. The lowest BCUT2D eigenvalue weighted by molar-refractivity contribution is 0.415. The monoisotopic (exact) mass is 1510 g/mol. The molecule has 0 saturated heterocycles. The second-order valence-electron chi connectivity index (χ2n) is 33.8. The average molecular weight is 1520 g/mol. The topological polar surface area (TPSA) is 202 Å². The van der Waals surface area contributed by atoms with Crippen LogP contribution in [0.15, 0.2) is 211 Å².